The van der Waals surface area contributed by atoms with E-state index in [4.69, 9.17) is 23.8 Å². The van der Waals surface area contributed by atoms with E-state index >= 15 is 0 Å². The summed E-state index contributed by atoms with van der Waals surface area (Å²) in [4.78, 5) is 15.8. The van der Waals surface area contributed by atoms with Gasteiger partial charge in [-0.25, -0.2) is 15.0 Å². The highest BCUT2D eigenvalue weighted by molar-refractivity contribution is 6.14. The minimum Gasteiger partial charge on any atom is -0.456 e. The predicted molar refractivity (Wildman–Crippen MR) is 227 cm³/mol. The van der Waals surface area contributed by atoms with Crippen molar-refractivity contribution in [2.75, 3.05) is 0 Å². The Bertz CT molecular complexity index is 3240. The Morgan fingerprint density at radius 2 is 0.839 bits per heavy atom. The second kappa shape index (κ2) is 13.0. The van der Waals surface area contributed by atoms with Gasteiger partial charge in [-0.05, 0) is 75.8 Å². The van der Waals surface area contributed by atoms with Crippen molar-refractivity contribution in [2.45, 2.75) is 0 Å². The van der Waals surface area contributed by atoms with Crippen molar-refractivity contribution in [1.29, 1.82) is 0 Å². The molecule has 3 heterocycles. The number of nitrogens with zero attached hydrogens (tertiary/aromatic N) is 3. The van der Waals surface area contributed by atoms with Crippen molar-refractivity contribution in [1.82, 2.24) is 15.0 Å². The van der Waals surface area contributed by atoms with Gasteiger partial charge in [-0.2, -0.15) is 0 Å². The summed E-state index contributed by atoms with van der Waals surface area (Å²) in [6.07, 6.45) is 0. The van der Waals surface area contributed by atoms with Crippen molar-refractivity contribution in [2.24, 2.45) is 0 Å². The largest absolute Gasteiger partial charge is 0.456 e. The van der Waals surface area contributed by atoms with Crippen LogP contribution < -0.4 is 0 Å². The molecule has 0 unspecified atom stereocenters. The van der Waals surface area contributed by atoms with Crippen LogP contribution in [0, 0.1) is 0 Å². The summed E-state index contributed by atoms with van der Waals surface area (Å²) in [5.74, 6) is 1.63. The third-order valence-electron chi connectivity index (χ3n) is 10.5. The molecule has 11 rings (SSSR count). The molecule has 0 aliphatic heterocycles. The molecule has 0 aliphatic carbocycles. The van der Waals surface area contributed by atoms with E-state index in [0.29, 0.717) is 17.5 Å². The lowest BCUT2D eigenvalue weighted by molar-refractivity contribution is 0.669. The van der Waals surface area contributed by atoms with Gasteiger partial charge >= 0.3 is 0 Å². The minimum atomic E-state index is 0.525. The van der Waals surface area contributed by atoms with Crippen LogP contribution in [0.2, 0.25) is 0 Å². The van der Waals surface area contributed by atoms with Gasteiger partial charge in [0.05, 0.1) is 5.56 Å². The third kappa shape index (κ3) is 5.45. The van der Waals surface area contributed by atoms with Gasteiger partial charge in [0.1, 0.15) is 22.3 Å². The Morgan fingerprint density at radius 3 is 1.59 bits per heavy atom. The molecule has 262 valence electrons. The average molecular weight is 718 g/mol. The Kier molecular flexibility index (Phi) is 7.42. The number of para-hydroxylation sites is 2. The van der Waals surface area contributed by atoms with Crippen LogP contribution in [0.4, 0.5) is 0 Å². The van der Waals surface area contributed by atoms with Gasteiger partial charge in [0.2, 0.25) is 0 Å². The first kappa shape index (κ1) is 31.9. The Morgan fingerprint density at radius 1 is 0.286 bits per heavy atom. The van der Waals surface area contributed by atoms with Gasteiger partial charge in [-0.1, -0.05) is 146 Å². The number of aromatic nitrogens is 3. The zero-order chi connectivity index (χ0) is 37.0. The van der Waals surface area contributed by atoms with Crippen molar-refractivity contribution in [3.8, 4) is 67.5 Å². The topological polar surface area (TPSA) is 65.0 Å². The lowest BCUT2D eigenvalue weighted by Gasteiger charge is -2.12. The summed E-state index contributed by atoms with van der Waals surface area (Å²) < 4.78 is 13.3. The van der Waals surface area contributed by atoms with E-state index in [9.17, 15) is 0 Å². The first-order valence-corrected chi connectivity index (χ1v) is 18.7. The molecule has 3 aromatic heterocycles. The molecule has 56 heavy (non-hydrogen) atoms. The predicted octanol–water partition coefficient (Wildman–Crippen LogP) is 13.7. The number of rotatable bonds is 6. The van der Waals surface area contributed by atoms with E-state index in [1.165, 1.54) is 0 Å². The second-order valence-corrected chi connectivity index (χ2v) is 14.0. The van der Waals surface area contributed by atoms with E-state index in [1.54, 1.807) is 0 Å². The van der Waals surface area contributed by atoms with Gasteiger partial charge in [0.25, 0.3) is 0 Å². The van der Waals surface area contributed by atoms with Gasteiger partial charge in [-0.3, -0.25) is 0 Å². The zero-order valence-electron chi connectivity index (χ0n) is 30.1. The van der Waals surface area contributed by atoms with Crippen LogP contribution in [-0.4, -0.2) is 15.0 Å². The highest BCUT2D eigenvalue weighted by Gasteiger charge is 2.22. The number of benzene rings is 8. The molecule has 0 bridgehead atoms. The first-order valence-electron chi connectivity index (χ1n) is 18.7. The van der Waals surface area contributed by atoms with Crippen LogP contribution >= 0.6 is 0 Å². The molecule has 5 heteroatoms. The molecule has 0 radical (unpaired) electrons. The first-order chi connectivity index (χ1) is 27.7. The molecule has 11 aromatic rings. The lowest BCUT2D eigenvalue weighted by atomic mass is 9.97. The highest BCUT2D eigenvalue weighted by atomic mass is 16.3. The van der Waals surface area contributed by atoms with Crippen LogP contribution in [0.15, 0.2) is 197 Å². The Balaban J connectivity index is 1.19. The molecule has 0 saturated heterocycles. The van der Waals surface area contributed by atoms with Gasteiger partial charge in [0.15, 0.2) is 17.5 Å². The van der Waals surface area contributed by atoms with Crippen LogP contribution in [0.5, 0.6) is 0 Å². The Labute approximate surface area is 322 Å². The van der Waals surface area contributed by atoms with Crippen molar-refractivity contribution >= 4 is 43.9 Å². The number of furan rings is 2. The van der Waals surface area contributed by atoms with Crippen LogP contribution in [0.3, 0.4) is 0 Å². The van der Waals surface area contributed by atoms with Gasteiger partial charge < -0.3 is 8.83 Å². The maximum Gasteiger partial charge on any atom is 0.167 e. The van der Waals surface area contributed by atoms with Crippen LogP contribution in [-0.2, 0) is 0 Å². The van der Waals surface area contributed by atoms with E-state index in [2.05, 4.69) is 140 Å². The maximum atomic E-state index is 6.74. The molecular formula is C51H31N3O2. The van der Waals surface area contributed by atoms with Crippen molar-refractivity contribution < 1.29 is 8.83 Å². The summed E-state index contributed by atoms with van der Waals surface area (Å²) >= 11 is 0. The third-order valence-corrected chi connectivity index (χ3v) is 10.5. The maximum absolute atomic E-state index is 6.74. The number of hydrogen-bond donors (Lipinski definition) is 0. The summed E-state index contributed by atoms with van der Waals surface area (Å²) in [5, 5.41) is 3.99. The SMILES string of the molecule is c1ccc(-c2cccc(-c3nc(-c4cccc5c4oc4ccccc45)nc(-c4cc(-c5ccccc5)cc5oc6cc(-c7ccccc7)ccc6c45)n3)c2)cc1. The average Bonchev–Trinajstić information content (AvgIpc) is 3.85. The molecule has 0 spiro atoms. The fourth-order valence-corrected chi connectivity index (χ4v) is 7.83. The molecule has 0 N–H and O–H groups in total. The monoisotopic (exact) mass is 717 g/mol. The van der Waals surface area contributed by atoms with Crippen LogP contribution in [0.25, 0.3) is 111 Å². The van der Waals surface area contributed by atoms with E-state index in [1.807, 2.05) is 48.5 Å². The fourth-order valence-electron chi connectivity index (χ4n) is 7.83. The fraction of sp³-hybridized carbons (Fsp3) is 0. The number of fused-ring (bicyclic) bond motifs is 6. The van der Waals surface area contributed by atoms with Gasteiger partial charge in [0, 0.05) is 32.7 Å². The quantitative estimate of drug-likeness (QED) is 0.171. The molecule has 0 aliphatic rings. The summed E-state index contributed by atoms with van der Waals surface area (Å²) in [7, 11) is 0. The molecule has 0 fully saturated rings. The second-order valence-electron chi connectivity index (χ2n) is 14.0. The molecule has 8 aromatic carbocycles. The zero-order valence-corrected chi connectivity index (χ0v) is 30.1. The highest BCUT2D eigenvalue weighted by Crippen LogP contribution is 2.42. The van der Waals surface area contributed by atoms with Crippen molar-refractivity contribution in [3.63, 3.8) is 0 Å². The molecular weight excluding hydrogens is 687 g/mol. The minimum absolute atomic E-state index is 0.525. The molecule has 0 amide bonds. The summed E-state index contributed by atoms with van der Waals surface area (Å²) in [6.45, 7) is 0. The normalized spacial score (nSPS) is 11.6. The van der Waals surface area contributed by atoms with E-state index in [-0.39, 0.29) is 0 Å². The molecule has 0 atom stereocenters. The number of hydrogen-bond acceptors (Lipinski definition) is 5. The molecule has 5 nitrogen and oxygen atoms in total. The van der Waals surface area contributed by atoms with Gasteiger partial charge in [-0.15, -0.1) is 0 Å². The standard InChI is InChI=1S/C51H31N3O2/c1-4-14-32(15-5-1)35-20-12-21-37(28-35)49-52-50(42-24-13-23-40-39-22-10-11-25-44(39)56-48(40)42)54-51(53-49)43-29-38(34-18-8-3-9-19-34)31-46-47(43)41-27-26-36(30-45(41)55-46)33-16-6-2-7-17-33/h1-31H. The Hall–Kier alpha value is -7.63. The molecule has 0 saturated carbocycles. The summed E-state index contributed by atoms with van der Waals surface area (Å²) in [6, 6.07) is 64.5. The summed E-state index contributed by atoms with van der Waals surface area (Å²) in [5.41, 5.74) is 12.1. The van der Waals surface area contributed by atoms with Crippen LogP contribution in [0.1, 0.15) is 0 Å². The van der Waals surface area contributed by atoms with E-state index in [0.717, 1.165) is 93.9 Å². The van der Waals surface area contributed by atoms with Crippen molar-refractivity contribution in [3.05, 3.63) is 188 Å². The smallest absolute Gasteiger partial charge is 0.167 e. The lowest BCUT2D eigenvalue weighted by Crippen LogP contribution is -2.01. The van der Waals surface area contributed by atoms with E-state index < -0.39 is 0 Å².